The number of piperazine rings is 1. The molecule has 2 saturated carbocycles. The Hall–Kier alpha value is -2.91. The monoisotopic (exact) mass is 469 g/mol. The van der Waals surface area contributed by atoms with Crippen molar-refractivity contribution in [1.29, 1.82) is 0 Å². The Bertz CT molecular complexity index is 1180. The van der Waals surface area contributed by atoms with Crippen molar-refractivity contribution in [3.05, 3.63) is 54.1 Å². The standard InChI is InChI=1S/C24H27N3O5S/c28-22(26-12-14-27(15-13-26)23(29)24(30)10-11-24)18-6-4-17(5-7-18)19-2-1-3-20(16-19)25-33(31,32)21-8-9-21/h1-7,16,21,25,30H,8-15H2. The van der Waals surface area contributed by atoms with Crippen LogP contribution in [0, 0.1) is 0 Å². The lowest BCUT2D eigenvalue weighted by molar-refractivity contribution is -0.143. The van der Waals surface area contributed by atoms with Crippen LogP contribution in [0.1, 0.15) is 36.0 Å². The molecule has 8 nitrogen and oxygen atoms in total. The molecule has 0 aromatic heterocycles. The average molecular weight is 470 g/mol. The number of amides is 2. The van der Waals surface area contributed by atoms with Crippen molar-refractivity contribution in [3.63, 3.8) is 0 Å². The van der Waals surface area contributed by atoms with Gasteiger partial charge < -0.3 is 14.9 Å². The second kappa shape index (κ2) is 8.14. The van der Waals surface area contributed by atoms with Gasteiger partial charge in [0.05, 0.1) is 5.25 Å². The molecule has 1 aliphatic heterocycles. The molecule has 0 unspecified atom stereocenters. The van der Waals surface area contributed by atoms with Crippen molar-refractivity contribution in [3.8, 4) is 11.1 Å². The third-order valence-electron chi connectivity index (χ3n) is 6.53. The molecule has 0 radical (unpaired) electrons. The molecule has 33 heavy (non-hydrogen) atoms. The lowest BCUT2D eigenvalue weighted by Gasteiger charge is -2.35. The minimum absolute atomic E-state index is 0.0928. The van der Waals surface area contributed by atoms with Crippen molar-refractivity contribution in [1.82, 2.24) is 9.80 Å². The lowest BCUT2D eigenvalue weighted by Crippen LogP contribution is -2.53. The second-order valence-electron chi connectivity index (χ2n) is 9.12. The van der Waals surface area contributed by atoms with Gasteiger partial charge in [-0.05, 0) is 61.1 Å². The van der Waals surface area contributed by atoms with E-state index in [9.17, 15) is 23.1 Å². The first kappa shape index (κ1) is 21.9. The van der Waals surface area contributed by atoms with Gasteiger partial charge in [0.25, 0.3) is 11.8 Å². The summed E-state index contributed by atoms with van der Waals surface area (Å²) in [6.45, 7) is 1.72. The SMILES string of the molecule is O=C(c1ccc(-c2cccc(NS(=O)(=O)C3CC3)c2)cc1)N1CCN(C(=O)C2(O)CC2)CC1. The van der Waals surface area contributed by atoms with E-state index in [1.165, 1.54) is 0 Å². The van der Waals surface area contributed by atoms with Gasteiger partial charge in [0, 0.05) is 37.4 Å². The van der Waals surface area contributed by atoms with E-state index < -0.39 is 15.6 Å². The van der Waals surface area contributed by atoms with Crippen LogP contribution in [0.3, 0.4) is 0 Å². The summed E-state index contributed by atoms with van der Waals surface area (Å²) in [5.74, 6) is -0.315. The third kappa shape index (κ3) is 4.60. The van der Waals surface area contributed by atoms with Gasteiger partial charge >= 0.3 is 0 Å². The van der Waals surface area contributed by atoms with E-state index in [2.05, 4.69) is 4.72 Å². The first-order chi connectivity index (χ1) is 15.7. The van der Waals surface area contributed by atoms with Crippen LogP contribution in [0.5, 0.6) is 0 Å². The van der Waals surface area contributed by atoms with Crippen LogP contribution in [0.2, 0.25) is 0 Å². The van der Waals surface area contributed by atoms with Gasteiger partial charge in [0.2, 0.25) is 10.0 Å². The molecule has 2 aliphatic carbocycles. The normalized spacial score (nSPS) is 19.8. The zero-order chi connectivity index (χ0) is 23.2. The fourth-order valence-electron chi connectivity index (χ4n) is 4.12. The van der Waals surface area contributed by atoms with E-state index >= 15 is 0 Å². The van der Waals surface area contributed by atoms with Crippen LogP contribution < -0.4 is 4.72 Å². The molecular formula is C24H27N3O5S. The Labute approximate surface area is 193 Å². The number of aliphatic hydroxyl groups is 1. The zero-order valence-electron chi connectivity index (χ0n) is 18.2. The summed E-state index contributed by atoms with van der Waals surface area (Å²) >= 11 is 0. The van der Waals surface area contributed by atoms with Crippen molar-refractivity contribution in [2.45, 2.75) is 36.5 Å². The van der Waals surface area contributed by atoms with Crippen molar-refractivity contribution >= 4 is 27.5 Å². The molecule has 1 saturated heterocycles. The van der Waals surface area contributed by atoms with Crippen LogP contribution in [-0.2, 0) is 14.8 Å². The number of rotatable bonds is 6. The van der Waals surface area contributed by atoms with Gasteiger partial charge in [-0.3, -0.25) is 14.3 Å². The summed E-state index contributed by atoms with van der Waals surface area (Å²) in [5.41, 5.74) is 1.66. The number of carbonyl (C=O) groups is 2. The Balaban J connectivity index is 1.22. The van der Waals surface area contributed by atoms with Crippen molar-refractivity contribution < 1.29 is 23.1 Å². The molecule has 3 aliphatic rings. The fraction of sp³-hybridized carbons (Fsp3) is 0.417. The molecule has 9 heteroatoms. The van der Waals surface area contributed by atoms with Gasteiger partial charge in [0.15, 0.2) is 0 Å². The maximum absolute atomic E-state index is 12.9. The van der Waals surface area contributed by atoms with Crippen LogP contribution in [0.25, 0.3) is 11.1 Å². The van der Waals surface area contributed by atoms with E-state index in [1.807, 2.05) is 18.2 Å². The van der Waals surface area contributed by atoms with Crippen molar-refractivity contribution in [2.75, 3.05) is 30.9 Å². The summed E-state index contributed by atoms with van der Waals surface area (Å²) in [5, 5.41) is 9.73. The Morgan fingerprint density at radius 2 is 1.55 bits per heavy atom. The predicted octanol–water partition coefficient (Wildman–Crippen LogP) is 2.07. The van der Waals surface area contributed by atoms with E-state index in [1.54, 1.807) is 40.1 Å². The van der Waals surface area contributed by atoms with Crippen LogP contribution in [0.15, 0.2) is 48.5 Å². The molecule has 5 rings (SSSR count). The van der Waals surface area contributed by atoms with Gasteiger partial charge in [-0.1, -0.05) is 24.3 Å². The van der Waals surface area contributed by atoms with Crippen LogP contribution in [-0.4, -0.2) is 72.2 Å². The number of sulfonamides is 1. The number of hydrogen-bond donors (Lipinski definition) is 2. The van der Waals surface area contributed by atoms with Gasteiger partial charge in [-0.2, -0.15) is 0 Å². The number of anilines is 1. The number of nitrogens with one attached hydrogen (secondary N) is 1. The van der Waals surface area contributed by atoms with Crippen LogP contribution >= 0.6 is 0 Å². The van der Waals surface area contributed by atoms with Gasteiger partial charge in [0.1, 0.15) is 5.60 Å². The molecule has 0 bridgehead atoms. The number of hydrogen-bond acceptors (Lipinski definition) is 5. The predicted molar refractivity (Wildman–Crippen MR) is 124 cm³/mol. The highest BCUT2D eigenvalue weighted by Gasteiger charge is 2.50. The maximum atomic E-state index is 12.9. The first-order valence-corrected chi connectivity index (χ1v) is 12.8. The molecule has 2 N–H and O–H groups in total. The highest BCUT2D eigenvalue weighted by atomic mass is 32.2. The molecular weight excluding hydrogens is 442 g/mol. The third-order valence-corrected chi connectivity index (χ3v) is 8.40. The molecule has 2 aromatic carbocycles. The van der Waals surface area contributed by atoms with E-state index in [-0.39, 0.29) is 17.1 Å². The summed E-state index contributed by atoms with van der Waals surface area (Å²) in [6, 6.07) is 14.5. The molecule has 0 atom stereocenters. The molecule has 3 fully saturated rings. The summed E-state index contributed by atoms with van der Waals surface area (Å²) in [4.78, 5) is 28.6. The smallest absolute Gasteiger partial charge is 0.254 e. The topological polar surface area (TPSA) is 107 Å². The summed E-state index contributed by atoms with van der Waals surface area (Å²) in [6.07, 6.45) is 2.45. The Kier molecular flexibility index (Phi) is 5.41. The molecule has 174 valence electrons. The number of carbonyl (C=O) groups excluding carboxylic acids is 2. The quantitative estimate of drug-likeness (QED) is 0.674. The van der Waals surface area contributed by atoms with Crippen molar-refractivity contribution in [2.24, 2.45) is 0 Å². The summed E-state index contributed by atoms with van der Waals surface area (Å²) < 4.78 is 27.1. The Morgan fingerprint density at radius 1 is 0.909 bits per heavy atom. The zero-order valence-corrected chi connectivity index (χ0v) is 19.1. The largest absolute Gasteiger partial charge is 0.380 e. The molecule has 0 spiro atoms. The number of nitrogens with zero attached hydrogens (tertiary/aromatic N) is 2. The maximum Gasteiger partial charge on any atom is 0.254 e. The highest BCUT2D eigenvalue weighted by Crippen LogP contribution is 2.37. The van der Waals surface area contributed by atoms with Gasteiger partial charge in [-0.25, -0.2) is 8.42 Å². The second-order valence-corrected chi connectivity index (χ2v) is 11.1. The minimum Gasteiger partial charge on any atom is -0.380 e. The van der Waals surface area contributed by atoms with E-state index in [4.69, 9.17) is 0 Å². The Morgan fingerprint density at radius 3 is 2.15 bits per heavy atom. The van der Waals surface area contributed by atoms with Gasteiger partial charge in [-0.15, -0.1) is 0 Å². The average Bonchev–Trinajstić information content (AvgIpc) is 3.75. The van der Waals surface area contributed by atoms with Crippen LogP contribution in [0.4, 0.5) is 5.69 Å². The number of benzene rings is 2. The highest BCUT2D eigenvalue weighted by molar-refractivity contribution is 7.93. The lowest BCUT2D eigenvalue weighted by atomic mass is 10.0. The molecule has 1 heterocycles. The molecule has 2 amide bonds. The molecule has 2 aromatic rings. The summed E-state index contributed by atoms with van der Waals surface area (Å²) in [7, 11) is -3.32. The first-order valence-electron chi connectivity index (χ1n) is 11.3. The van der Waals surface area contributed by atoms with E-state index in [0.29, 0.717) is 63.1 Å². The minimum atomic E-state index is -3.32. The fourth-order valence-corrected chi connectivity index (χ4v) is 5.49. The van der Waals surface area contributed by atoms with E-state index in [0.717, 1.165) is 11.1 Å².